The van der Waals surface area contributed by atoms with Crippen molar-refractivity contribution >= 4 is 11.6 Å². The molecule has 2 aromatic carbocycles. The highest BCUT2D eigenvalue weighted by atomic mass is 35.5. The van der Waals surface area contributed by atoms with E-state index >= 15 is 0 Å². The minimum Gasteiger partial charge on any atom is -0.271 e. The van der Waals surface area contributed by atoms with E-state index in [2.05, 4.69) is 5.43 Å². The van der Waals surface area contributed by atoms with Crippen LogP contribution in [0.1, 0.15) is 17.2 Å². The summed E-state index contributed by atoms with van der Waals surface area (Å²) in [5.74, 6) is 0.234. The second-order valence-corrected chi connectivity index (χ2v) is 4.50. The van der Waals surface area contributed by atoms with Crippen LogP contribution >= 0.6 is 11.6 Å². The average Bonchev–Trinajstić information content (AvgIpc) is 2.39. The van der Waals surface area contributed by atoms with Crippen LogP contribution in [0.15, 0.2) is 30.3 Å². The third-order valence-corrected chi connectivity index (χ3v) is 3.01. The molecule has 0 spiro atoms. The van der Waals surface area contributed by atoms with Crippen LogP contribution in [0.25, 0.3) is 0 Å². The largest absolute Gasteiger partial charge is 0.271 e. The summed E-state index contributed by atoms with van der Waals surface area (Å²) in [5.41, 5.74) is 2.21. The van der Waals surface area contributed by atoms with E-state index in [9.17, 15) is 17.6 Å². The number of nitrogens with one attached hydrogen (secondary N) is 1. The van der Waals surface area contributed by atoms with Crippen LogP contribution < -0.4 is 11.3 Å². The molecule has 2 rings (SSSR count). The zero-order valence-corrected chi connectivity index (χ0v) is 10.7. The lowest BCUT2D eigenvalue weighted by Crippen LogP contribution is -2.29. The molecule has 0 heterocycles. The Morgan fingerprint density at radius 2 is 1.55 bits per heavy atom. The minimum absolute atomic E-state index is 0.0299. The van der Waals surface area contributed by atoms with E-state index in [4.69, 9.17) is 17.4 Å². The molecule has 0 aromatic heterocycles. The molecule has 0 aliphatic carbocycles. The van der Waals surface area contributed by atoms with Gasteiger partial charge >= 0.3 is 0 Å². The Bertz CT molecular complexity index is 625. The Morgan fingerprint density at radius 1 is 0.950 bits per heavy atom. The van der Waals surface area contributed by atoms with Crippen LogP contribution in [0.5, 0.6) is 0 Å². The lowest BCUT2D eigenvalue weighted by Gasteiger charge is -2.18. The quantitative estimate of drug-likeness (QED) is 0.394. The number of hydrazine groups is 1. The molecule has 7 heteroatoms. The van der Waals surface area contributed by atoms with Crippen LogP contribution in [0, 0.1) is 23.3 Å². The smallest absolute Gasteiger partial charge is 0.194 e. The van der Waals surface area contributed by atoms with Gasteiger partial charge < -0.3 is 0 Å². The highest BCUT2D eigenvalue weighted by molar-refractivity contribution is 6.30. The van der Waals surface area contributed by atoms with Gasteiger partial charge in [-0.2, -0.15) is 0 Å². The molecule has 3 N–H and O–H groups in total. The molecule has 106 valence electrons. The van der Waals surface area contributed by atoms with Gasteiger partial charge in [-0.3, -0.25) is 5.84 Å². The third-order valence-electron chi connectivity index (χ3n) is 2.78. The second kappa shape index (κ2) is 5.78. The standard InChI is InChI=1S/C13H9ClF4N2/c14-7-1-2-8(9(15)5-7)13(20-19)6-3-10(16)12(18)11(17)4-6/h1-5,13,20H,19H2. The highest BCUT2D eigenvalue weighted by Crippen LogP contribution is 2.27. The Morgan fingerprint density at radius 3 is 2.05 bits per heavy atom. The second-order valence-electron chi connectivity index (χ2n) is 4.06. The van der Waals surface area contributed by atoms with Crippen molar-refractivity contribution in [2.24, 2.45) is 5.84 Å². The Kier molecular flexibility index (Phi) is 4.27. The normalized spacial score (nSPS) is 12.5. The molecule has 0 aliphatic rings. The fraction of sp³-hybridized carbons (Fsp3) is 0.0769. The number of hydrogen-bond acceptors (Lipinski definition) is 2. The summed E-state index contributed by atoms with van der Waals surface area (Å²) in [6.07, 6.45) is 0. The van der Waals surface area contributed by atoms with Gasteiger partial charge in [-0.1, -0.05) is 17.7 Å². The van der Waals surface area contributed by atoms with Gasteiger partial charge in [0, 0.05) is 10.6 Å². The monoisotopic (exact) mass is 304 g/mol. The van der Waals surface area contributed by atoms with E-state index < -0.39 is 29.3 Å². The molecule has 2 nitrogen and oxygen atoms in total. The molecule has 0 saturated heterocycles. The number of halogens is 5. The fourth-order valence-corrected chi connectivity index (χ4v) is 2.00. The van der Waals surface area contributed by atoms with Crippen LogP contribution in [0.2, 0.25) is 5.02 Å². The first-order valence-corrected chi connectivity index (χ1v) is 5.87. The zero-order valence-electron chi connectivity index (χ0n) is 9.93. The Balaban J connectivity index is 2.52. The molecular formula is C13H9ClF4N2. The highest BCUT2D eigenvalue weighted by Gasteiger charge is 2.20. The molecular weight excluding hydrogens is 296 g/mol. The third kappa shape index (κ3) is 2.77. The van der Waals surface area contributed by atoms with E-state index in [-0.39, 0.29) is 16.1 Å². The summed E-state index contributed by atoms with van der Waals surface area (Å²) in [6.45, 7) is 0. The van der Waals surface area contributed by atoms with Crippen molar-refractivity contribution in [2.75, 3.05) is 0 Å². The maximum Gasteiger partial charge on any atom is 0.194 e. The summed E-state index contributed by atoms with van der Waals surface area (Å²) in [5, 5.41) is 0.165. The van der Waals surface area contributed by atoms with Gasteiger partial charge in [-0.05, 0) is 29.8 Å². The van der Waals surface area contributed by atoms with Gasteiger partial charge in [0.05, 0.1) is 6.04 Å². The lowest BCUT2D eigenvalue weighted by molar-refractivity contribution is 0.442. The van der Waals surface area contributed by atoms with Crippen molar-refractivity contribution in [2.45, 2.75) is 6.04 Å². The van der Waals surface area contributed by atoms with Gasteiger partial charge in [0.1, 0.15) is 5.82 Å². The topological polar surface area (TPSA) is 38.0 Å². The van der Waals surface area contributed by atoms with Gasteiger partial charge in [0.2, 0.25) is 0 Å². The predicted octanol–water partition coefficient (Wildman–Crippen LogP) is 3.45. The predicted molar refractivity (Wildman–Crippen MR) is 66.9 cm³/mol. The van der Waals surface area contributed by atoms with Crippen molar-refractivity contribution in [3.63, 3.8) is 0 Å². The molecule has 20 heavy (non-hydrogen) atoms. The zero-order chi connectivity index (χ0) is 14.9. The Hall–Kier alpha value is -1.63. The van der Waals surface area contributed by atoms with Crippen LogP contribution in [0.3, 0.4) is 0 Å². The van der Waals surface area contributed by atoms with Crippen molar-refractivity contribution in [3.8, 4) is 0 Å². The SMILES string of the molecule is NNC(c1cc(F)c(F)c(F)c1)c1ccc(Cl)cc1F. The molecule has 0 bridgehead atoms. The minimum atomic E-state index is -1.60. The molecule has 0 saturated carbocycles. The van der Waals surface area contributed by atoms with Crippen LogP contribution in [-0.2, 0) is 0 Å². The van der Waals surface area contributed by atoms with Gasteiger partial charge in [0.25, 0.3) is 0 Å². The van der Waals surface area contributed by atoms with E-state index in [1.807, 2.05) is 0 Å². The first-order valence-electron chi connectivity index (χ1n) is 5.49. The van der Waals surface area contributed by atoms with Crippen LogP contribution in [0.4, 0.5) is 17.6 Å². The van der Waals surface area contributed by atoms with Crippen molar-refractivity contribution in [3.05, 3.63) is 69.8 Å². The maximum absolute atomic E-state index is 13.8. The fourth-order valence-electron chi connectivity index (χ4n) is 1.84. The van der Waals surface area contributed by atoms with E-state index in [1.54, 1.807) is 0 Å². The first-order chi connectivity index (χ1) is 9.43. The molecule has 0 amide bonds. The number of nitrogens with two attached hydrogens (primary N) is 1. The molecule has 0 radical (unpaired) electrons. The number of benzene rings is 2. The molecule has 1 unspecified atom stereocenters. The van der Waals surface area contributed by atoms with Crippen molar-refractivity contribution < 1.29 is 17.6 Å². The number of hydrogen-bond donors (Lipinski definition) is 2. The maximum atomic E-state index is 13.8. The molecule has 1 atom stereocenters. The molecule has 0 fully saturated rings. The number of rotatable bonds is 3. The summed E-state index contributed by atoms with van der Waals surface area (Å²) in [6, 6.07) is 4.21. The van der Waals surface area contributed by atoms with Gasteiger partial charge in [-0.15, -0.1) is 0 Å². The summed E-state index contributed by atoms with van der Waals surface area (Å²) < 4.78 is 53.2. The van der Waals surface area contributed by atoms with E-state index in [0.717, 1.165) is 18.2 Å². The van der Waals surface area contributed by atoms with Crippen molar-refractivity contribution in [1.82, 2.24) is 5.43 Å². The Labute approximate surface area is 117 Å². The lowest BCUT2D eigenvalue weighted by atomic mass is 9.98. The summed E-state index contributed by atoms with van der Waals surface area (Å²) in [4.78, 5) is 0. The first kappa shape index (κ1) is 14.8. The van der Waals surface area contributed by atoms with Gasteiger partial charge in [0.15, 0.2) is 17.5 Å². The summed E-state index contributed by atoms with van der Waals surface area (Å²) >= 11 is 5.62. The van der Waals surface area contributed by atoms with Crippen LogP contribution in [-0.4, -0.2) is 0 Å². The molecule has 0 aliphatic heterocycles. The van der Waals surface area contributed by atoms with E-state index in [1.165, 1.54) is 12.1 Å². The molecule has 2 aromatic rings. The van der Waals surface area contributed by atoms with Gasteiger partial charge in [-0.25, -0.2) is 23.0 Å². The van der Waals surface area contributed by atoms with E-state index in [0.29, 0.717) is 0 Å². The van der Waals surface area contributed by atoms with Crippen molar-refractivity contribution in [1.29, 1.82) is 0 Å². The average molecular weight is 305 g/mol. The summed E-state index contributed by atoms with van der Waals surface area (Å²) in [7, 11) is 0.